The third-order valence-electron chi connectivity index (χ3n) is 6.30. The Balaban J connectivity index is 1.78. The summed E-state index contributed by atoms with van der Waals surface area (Å²) >= 11 is 0. The Labute approximate surface area is 191 Å². The first kappa shape index (κ1) is 22.9. The predicted octanol–water partition coefficient (Wildman–Crippen LogP) is 1.54. The van der Waals surface area contributed by atoms with Gasteiger partial charge in [-0.2, -0.15) is 0 Å². The summed E-state index contributed by atoms with van der Waals surface area (Å²) in [5.74, 6) is -0.613. The van der Waals surface area contributed by atoms with Gasteiger partial charge in [-0.1, -0.05) is 18.2 Å². The Hall–Kier alpha value is -3.24. The monoisotopic (exact) mass is 455 g/mol. The zero-order valence-corrected chi connectivity index (χ0v) is 18.6. The average molecular weight is 456 g/mol. The Morgan fingerprint density at radius 1 is 1.09 bits per heavy atom. The number of aliphatic hydroxyl groups is 1. The second kappa shape index (κ2) is 9.72. The maximum absolute atomic E-state index is 13.0. The molecule has 0 spiro atoms. The summed E-state index contributed by atoms with van der Waals surface area (Å²) in [6.45, 7) is 0.545. The Kier molecular flexibility index (Phi) is 6.75. The number of nitrogens with one attached hydrogen (secondary N) is 2. The standard InChI is InChI=1S/C23H29N5O5/c1-27-16-9-4-5-12-28-21(16)26-19(20(31)23(28)33)22(32)24-13-14-7-2-3-8-15(14)25-17(29)10-6-11-18(27)30/h2-3,7-8,16,22,24,31-32H,4-6,9-13H2,1H3,(H,25,29). The first-order valence-corrected chi connectivity index (χ1v) is 11.2. The van der Waals surface area contributed by atoms with Crippen LogP contribution in [0.25, 0.3) is 0 Å². The summed E-state index contributed by atoms with van der Waals surface area (Å²) in [6.07, 6.45) is 1.44. The fraction of sp³-hybridized carbons (Fsp3) is 0.478. The highest BCUT2D eigenvalue weighted by atomic mass is 16.3. The molecule has 3 heterocycles. The minimum atomic E-state index is -1.43. The summed E-state index contributed by atoms with van der Waals surface area (Å²) < 4.78 is 1.40. The Bertz CT molecular complexity index is 1110. The molecule has 4 rings (SSSR count). The quantitative estimate of drug-likeness (QED) is 0.473. The van der Waals surface area contributed by atoms with Crippen LogP contribution < -0.4 is 16.2 Å². The number of benzene rings is 1. The van der Waals surface area contributed by atoms with Gasteiger partial charge in [0.05, 0.1) is 6.04 Å². The zero-order chi connectivity index (χ0) is 23.5. The Morgan fingerprint density at radius 2 is 1.88 bits per heavy atom. The van der Waals surface area contributed by atoms with Gasteiger partial charge in [-0.25, -0.2) is 4.98 Å². The number of carbonyl (C=O) groups excluding carboxylic acids is 2. The van der Waals surface area contributed by atoms with Crippen molar-refractivity contribution in [2.45, 2.75) is 63.9 Å². The van der Waals surface area contributed by atoms with E-state index in [4.69, 9.17) is 0 Å². The highest BCUT2D eigenvalue weighted by Crippen LogP contribution is 2.30. The number of carbonyl (C=O) groups is 2. The number of para-hydroxylation sites is 1. The smallest absolute Gasteiger partial charge is 0.296 e. The minimum absolute atomic E-state index is 0.156. The molecular formula is C23H29N5O5. The molecule has 1 aromatic carbocycles. The zero-order valence-electron chi connectivity index (χ0n) is 18.6. The maximum atomic E-state index is 13.0. The van der Waals surface area contributed by atoms with Crippen molar-refractivity contribution >= 4 is 17.5 Å². The van der Waals surface area contributed by atoms with Gasteiger partial charge in [-0.3, -0.25) is 24.3 Å². The van der Waals surface area contributed by atoms with Crippen LogP contribution in [0.1, 0.15) is 67.9 Å². The van der Waals surface area contributed by atoms with Crippen LogP contribution in [0.4, 0.5) is 5.69 Å². The van der Waals surface area contributed by atoms with Gasteiger partial charge in [0.15, 0.2) is 6.23 Å². The number of nitrogens with zero attached hydrogens (tertiary/aromatic N) is 3. The molecule has 4 N–H and O–H groups in total. The van der Waals surface area contributed by atoms with Gasteiger partial charge in [0, 0.05) is 38.7 Å². The van der Waals surface area contributed by atoms with Crippen molar-refractivity contribution in [1.29, 1.82) is 0 Å². The van der Waals surface area contributed by atoms with Gasteiger partial charge < -0.3 is 20.4 Å². The summed E-state index contributed by atoms with van der Waals surface area (Å²) in [6, 6.07) is 6.67. The number of aromatic nitrogens is 2. The topological polar surface area (TPSA) is 137 Å². The molecule has 0 saturated heterocycles. The Morgan fingerprint density at radius 3 is 2.70 bits per heavy atom. The van der Waals surface area contributed by atoms with Crippen LogP contribution in [0.2, 0.25) is 0 Å². The van der Waals surface area contributed by atoms with E-state index in [0.717, 1.165) is 12.0 Å². The van der Waals surface area contributed by atoms with Crippen LogP contribution in [0.15, 0.2) is 29.1 Å². The van der Waals surface area contributed by atoms with Gasteiger partial charge in [-0.15, -0.1) is 0 Å². The molecule has 2 bridgehead atoms. The third kappa shape index (κ3) is 4.76. The van der Waals surface area contributed by atoms with E-state index >= 15 is 0 Å². The van der Waals surface area contributed by atoms with Crippen molar-refractivity contribution in [1.82, 2.24) is 19.8 Å². The van der Waals surface area contributed by atoms with Gasteiger partial charge in [0.2, 0.25) is 17.6 Å². The van der Waals surface area contributed by atoms with E-state index < -0.39 is 23.6 Å². The number of fused-ring (bicyclic) bond motifs is 2. The van der Waals surface area contributed by atoms with Crippen LogP contribution in [0.5, 0.6) is 5.75 Å². The van der Waals surface area contributed by atoms with Crippen molar-refractivity contribution in [2.24, 2.45) is 0 Å². The molecular weight excluding hydrogens is 426 g/mol. The second-order valence-electron chi connectivity index (χ2n) is 8.52. The highest BCUT2D eigenvalue weighted by Gasteiger charge is 2.31. The van der Waals surface area contributed by atoms with Gasteiger partial charge in [-0.05, 0) is 37.3 Å². The largest absolute Gasteiger partial charge is 0.502 e. The second-order valence-corrected chi connectivity index (χ2v) is 8.52. The normalized spacial score (nSPS) is 22.3. The van der Waals surface area contributed by atoms with E-state index in [1.54, 1.807) is 36.2 Å². The van der Waals surface area contributed by atoms with Crippen LogP contribution in [-0.4, -0.2) is 43.5 Å². The number of aliphatic hydroxyl groups excluding tert-OH is 1. The fourth-order valence-electron chi connectivity index (χ4n) is 4.41. The van der Waals surface area contributed by atoms with Crippen LogP contribution in [0, 0.1) is 0 Å². The number of aromatic hydroxyl groups is 1. The summed E-state index contributed by atoms with van der Waals surface area (Å²) in [5, 5.41) is 27.0. The van der Waals surface area contributed by atoms with Crippen molar-refractivity contribution in [3.63, 3.8) is 0 Å². The lowest BCUT2D eigenvalue weighted by molar-refractivity contribution is -0.132. The first-order valence-electron chi connectivity index (χ1n) is 11.2. The molecule has 0 radical (unpaired) electrons. The molecule has 2 aromatic rings. The van der Waals surface area contributed by atoms with Crippen molar-refractivity contribution < 1.29 is 19.8 Å². The molecule has 2 aliphatic rings. The van der Waals surface area contributed by atoms with E-state index in [1.165, 1.54) is 4.57 Å². The molecule has 2 unspecified atom stereocenters. The van der Waals surface area contributed by atoms with E-state index in [0.29, 0.717) is 37.3 Å². The summed E-state index contributed by atoms with van der Waals surface area (Å²) in [7, 11) is 1.66. The molecule has 10 heteroatoms. The third-order valence-corrected chi connectivity index (χ3v) is 6.30. The number of rotatable bonds is 0. The fourth-order valence-corrected chi connectivity index (χ4v) is 4.41. The number of hydrogen-bond acceptors (Lipinski definition) is 7. The highest BCUT2D eigenvalue weighted by molar-refractivity contribution is 5.91. The minimum Gasteiger partial charge on any atom is -0.502 e. The van der Waals surface area contributed by atoms with E-state index in [2.05, 4.69) is 15.6 Å². The molecule has 0 fully saturated rings. The van der Waals surface area contributed by atoms with E-state index in [1.807, 2.05) is 0 Å². The van der Waals surface area contributed by atoms with E-state index in [9.17, 15) is 24.6 Å². The lowest BCUT2D eigenvalue weighted by atomic mass is 10.1. The van der Waals surface area contributed by atoms with Crippen molar-refractivity contribution in [2.75, 3.05) is 12.4 Å². The number of anilines is 1. The molecule has 2 amide bonds. The number of hydrogen-bond donors (Lipinski definition) is 4. The number of amides is 2. The lowest BCUT2D eigenvalue weighted by Crippen LogP contribution is -2.37. The van der Waals surface area contributed by atoms with Crippen molar-refractivity contribution in [3.8, 4) is 5.75 Å². The SMILES string of the molecule is CN1C(=O)CCCC(=O)Nc2ccccc2CNC(O)c2nc3n(c(=O)c2O)CCCCC31. The molecule has 176 valence electrons. The molecule has 0 aliphatic carbocycles. The van der Waals surface area contributed by atoms with Crippen LogP contribution in [-0.2, 0) is 22.7 Å². The van der Waals surface area contributed by atoms with Gasteiger partial charge in [0.1, 0.15) is 11.5 Å². The van der Waals surface area contributed by atoms with Crippen molar-refractivity contribution in [3.05, 3.63) is 51.7 Å². The molecule has 10 nitrogen and oxygen atoms in total. The van der Waals surface area contributed by atoms with Crippen LogP contribution >= 0.6 is 0 Å². The molecule has 33 heavy (non-hydrogen) atoms. The average Bonchev–Trinajstić information content (AvgIpc) is 3.02. The summed E-state index contributed by atoms with van der Waals surface area (Å²) in [4.78, 5) is 44.4. The van der Waals surface area contributed by atoms with Gasteiger partial charge >= 0.3 is 0 Å². The molecule has 0 saturated carbocycles. The first-order chi connectivity index (χ1) is 15.9. The molecule has 2 aliphatic heterocycles. The predicted molar refractivity (Wildman–Crippen MR) is 120 cm³/mol. The lowest BCUT2D eigenvalue weighted by Gasteiger charge is -2.29. The molecule has 1 aromatic heterocycles. The summed E-state index contributed by atoms with van der Waals surface area (Å²) in [5.41, 5.74) is 0.499. The maximum Gasteiger partial charge on any atom is 0.296 e. The van der Waals surface area contributed by atoms with Crippen LogP contribution in [0.3, 0.4) is 0 Å². The van der Waals surface area contributed by atoms with E-state index in [-0.39, 0.29) is 36.9 Å². The van der Waals surface area contributed by atoms with Gasteiger partial charge in [0.25, 0.3) is 5.56 Å². The molecule has 2 atom stereocenters.